The topological polar surface area (TPSA) is 268 Å². The van der Waals surface area contributed by atoms with Crippen LogP contribution in [0.2, 0.25) is 0 Å². The first-order valence-electron chi connectivity index (χ1n) is 20.5. The Morgan fingerprint density at radius 2 is 1.45 bits per heavy atom. The molecule has 2 aliphatic heterocycles. The predicted octanol–water partition coefficient (Wildman–Crippen LogP) is 0.857. The maximum atomic E-state index is 13.0. The Hall–Kier alpha value is -7.64. The number of nitrogens with two attached hydrogens (primary N) is 1. The summed E-state index contributed by atoms with van der Waals surface area (Å²) in [5.74, 6) is -2.65. The normalized spacial score (nSPS) is 14.7. The lowest BCUT2D eigenvalue weighted by molar-refractivity contribution is -0.137. The van der Waals surface area contributed by atoms with E-state index in [9.17, 15) is 38.4 Å². The number of nitrogens with one attached hydrogen (secondary N) is 7. The molecule has 19 heteroatoms. The Kier molecular flexibility index (Phi) is 16.1. The smallest absolute Gasteiger partial charge is 0.319 e. The number of benzene rings is 4. The van der Waals surface area contributed by atoms with Gasteiger partial charge in [0.05, 0.1) is 26.2 Å². The van der Waals surface area contributed by atoms with Crippen LogP contribution in [0.15, 0.2) is 97.1 Å². The number of urea groups is 1. The molecule has 9 N–H and O–H groups in total. The van der Waals surface area contributed by atoms with Crippen molar-refractivity contribution in [2.45, 2.75) is 57.6 Å². The van der Waals surface area contributed by atoms with E-state index in [0.29, 0.717) is 17.0 Å². The number of rotatable bonds is 20. The van der Waals surface area contributed by atoms with E-state index in [2.05, 4.69) is 37.2 Å². The van der Waals surface area contributed by atoms with Crippen LogP contribution in [-0.2, 0) is 66.2 Å². The first kappa shape index (κ1) is 45.9. The molecule has 1 fully saturated rings. The summed E-state index contributed by atoms with van der Waals surface area (Å²) >= 11 is 0. The molecule has 0 saturated carbocycles. The molecule has 2 atom stereocenters. The Morgan fingerprint density at radius 3 is 2.17 bits per heavy atom. The van der Waals surface area contributed by atoms with Crippen LogP contribution >= 0.6 is 0 Å². The van der Waals surface area contributed by atoms with Gasteiger partial charge < -0.3 is 52.0 Å². The van der Waals surface area contributed by atoms with Gasteiger partial charge in [0.25, 0.3) is 5.91 Å². The van der Waals surface area contributed by atoms with Gasteiger partial charge in [0.1, 0.15) is 31.2 Å². The molecular weight excluding hydrogens is 827 g/mol. The second-order valence-corrected chi connectivity index (χ2v) is 14.9. The molecule has 6 rings (SSSR count). The molecule has 1 saturated heterocycles. The molecule has 4 aromatic rings. The van der Waals surface area contributed by atoms with Crippen molar-refractivity contribution in [2.24, 2.45) is 5.73 Å². The molecule has 19 nitrogen and oxygen atoms in total. The third-order valence-electron chi connectivity index (χ3n) is 10.2. The number of imide groups is 1. The zero-order valence-electron chi connectivity index (χ0n) is 34.8. The number of carbonyl (C=O) groups is 8. The maximum Gasteiger partial charge on any atom is 0.319 e. The number of piperidine rings is 1. The van der Waals surface area contributed by atoms with E-state index in [1.165, 1.54) is 4.90 Å². The lowest BCUT2D eigenvalue weighted by Crippen LogP contribution is -2.52. The molecule has 0 radical (unpaired) electrons. The van der Waals surface area contributed by atoms with Crippen molar-refractivity contribution in [3.63, 3.8) is 0 Å². The van der Waals surface area contributed by atoms with Crippen LogP contribution in [-0.4, -0.2) is 90.7 Å². The number of hydrogen-bond donors (Lipinski definition) is 8. The van der Waals surface area contributed by atoms with Gasteiger partial charge in [-0.1, -0.05) is 66.7 Å². The predicted molar refractivity (Wildman–Crippen MR) is 231 cm³/mol. The standard InChI is InChI=1S/C45H49N9O10/c46-20-39(56)47-23-41(58)52-36(19-28-4-2-1-3-5-28)42(59)48-22-40(57)50-27-63-25-29-6-8-30(9-7-29)26-64-34-13-11-33(12-14-34)51-45(62)49-21-31-10-15-35-32(18-31)24-54(44(35)61)37-16-17-38(55)53-43(37)60/h1-15,18,36-37H,16-17,19-27,46H2,(H,47,56)(H,48,59)(H,50,57)(H,52,58)(H2,49,51,62)(H,53,55,60)/t36-,37?/m0/s1. The van der Waals surface area contributed by atoms with Crippen molar-refractivity contribution >= 4 is 53.1 Å². The zero-order valence-corrected chi connectivity index (χ0v) is 34.8. The SMILES string of the molecule is NCC(=O)NCC(=O)N[C@@H](Cc1ccccc1)C(=O)NCC(=O)NCOCc1ccc(COc2ccc(NC(=O)NCc3ccc4c(c3)CN(C3CCC(=O)NC3=O)C4=O)cc2)cc1. The Balaban J connectivity index is 0.854. The van der Waals surface area contributed by atoms with E-state index in [1.54, 1.807) is 60.7 Å². The third-order valence-corrected chi connectivity index (χ3v) is 10.2. The quantitative estimate of drug-likeness (QED) is 0.0351. The number of amides is 9. The monoisotopic (exact) mass is 875 g/mol. The third kappa shape index (κ3) is 13.4. The molecule has 64 heavy (non-hydrogen) atoms. The number of ether oxygens (including phenoxy) is 2. The molecule has 0 spiro atoms. The minimum atomic E-state index is -0.997. The number of fused-ring (bicyclic) bond motifs is 1. The highest BCUT2D eigenvalue weighted by Crippen LogP contribution is 2.28. The van der Waals surface area contributed by atoms with Gasteiger partial charge >= 0.3 is 6.03 Å². The van der Waals surface area contributed by atoms with Gasteiger partial charge in [-0.05, 0) is 64.6 Å². The number of nitrogens with zero attached hydrogens (tertiary/aromatic N) is 1. The molecule has 0 aliphatic carbocycles. The molecule has 9 amide bonds. The van der Waals surface area contributed by atoms with Gasteiger partial charge in [0, 0.05) is 37.2 Å². The highest BCUT2D eigenvalue weighted by atomic mass is 16.5. The van der Waals surface area contributed by atoms with E-state index in [0.717, 1.165) is 27.8 Å². The number of anilines is 1. The Morgan fingerprint density at radius 1 is 0.750 bits per heavy atom. The summed E-state index contributed by atoms with van der Waals surface area (Å²) < 4.78 is 11.5. The average Bonchev–Trinajstić information content (AvgIpc) is 3.62. The van der Waals surface area contributed by atoms with Gasteiger partial charge in [-0.15, -0.1) is 0 Å². The minimum absolute atomic E-state index is 0.108. The summed E-state index contributed by atoms with van der Waals surface area (Å²) in [6.45, 7) is -0.140. The van der Waals surface area contributed by atoms with Crippen LogP contribution < -0.4 is 47.7 Å². The lowest BCUT2D eigenvalue weighted by Gasteiger charge is -2.29. The lowest BCUT2D eigenvalue weighted by atomic mass is 10.0. The van der Waals surface area contributed by atoms with Crippen LogP contribution in [0, 0.1) is 0 Å². The second-order valence-electron chi connectivity index (χ2n) is 14.9. The van der Waals surface area contributed by atoms with Crippen molar-refractivity contribution < 1.29 is 47.8 Å². The molecule has 0 bridgehead atoms. The Bertz CT molecular complexity index is 2340. The molecule has 1 unspecified atom stereocenters. The number of hydrogen-bond acceptors (Lipinski definition) is 11. The summed E-state index contributed by atoms with van der Waals surface area (Å²) in [6.07, 6.45) is 0.627. The van der Waals surface area contributed by atoms with Crippen molar-refractivity contribution in [3.05, 3.63) is 130 Å². The fourth-order valence-electron chi connectivity index (χ4n) is 6.84. The summed E-state index contributed by atoms with van der Waals surface area (Å²) in [7, 11) is 0. The van der Waals surface area contributed by atoms with E-state index < -0.39 is 47.7 Å². The fraction of sp³-hybridized carbons (Fsp3) is 0.289. The molecule has 4 aromatic carbocycles. The minimum Gasteiger partial charge on any atom is -0.489 e. The molecule has 334 valence electrons. The summed E-state index contributed by atoms with van der Waals surface area (Å²) in [5.41, 5.74) is 10.4. The molecular formula is C45H49N9O10. The highest BCUT2D eigenvalue weighted by Gasteiger charge is 2.39. The fourth-order valence-corrected chi connectivity index (χ4v) is 6.84. The largest absolute Gasteiger partial charge is 0.489 e. The van der Waals surface area contributed by atoms with Crippen molar-refractivity contribution in [1.82, 2.24) is 36.8 Å². The second kappa shape index (κ2) is 22.5. The Labute approximate surface area is 368 Å². The van der Waals surface area contributed by atoms with Crippen LogP contribution in [0.4, 0.5) is 10.5 Å². The summed E-state index contributed by atoms with van der Waals surface area (Å²) in [6, 6.07) is 26.6. The first-order valence-corrected chi connectivity index (χ1v) is 20.5. The molecule has 0 aromatic heterocycles. The maximum absolute atomic E-state index is 13.0. The van der Waals surface area contributed by atoms with Crippen LogP contribution in [0.25, 0.3) is 0 Å². The van der Waals surface area contributed by atoms with Crippen molar-refractivity contribution in [3.8, 4) is 5.75 Å². The number of carbonyl (C=O) groups excluding carboxylic acids is 8. The van der Waals surface area contributed by atoms with Gasteiger partial charge in [-0.25, -0.2) is 4.79 Å². The van der Waals surface area contributed by atoms with Gasteiger partial charge in [0.15, 0.2) is 0 Å². The van der Waals surface area contributed by atoms with Crippen LogP contribution in [0.1, 0.15) is 51.0 Å². The van der Waals surface area contributed by atoms with E-state index in [1.807, 2.05) is 36.4 Å². The van der Waals surface area contributed by atoms with Crippen LogP contribution in [0.5, 0.6) is 5.75 Å². The van der Waals surface area contributed by atoms with E-state index in [-0.39, 0.29) is 83.7 Å². The van der Waals surface area contributed by atoms with E-state index >= 15 is 0 Å². The van der Waals surface area contributed by atoms with Gasteiger partial charge in [-0.3, -0.25) is 38.9 Å². The molecule has 2 heterocycles. The van der Waals surface area contributed by atoms with Gasteiger partial charge in [0.2, 0.25) is 35.4 Å². The van der Waals surface area contributed by atoms with E-state index in [4.69, 9.17) is 15.2 Å². The van der Waals surface area contributed by atoms with Crippen molar-refractivity contribution in [1.29, 1.82) is 0 Å². The first-order chi connectivity index (χ1) is 30.9. The summed E-state index contributed by atoms with van der Waals surface area (Å²) in [4.78, 5) is 100. The highest BCUT2D eigenvalue weighted by molar-refractivity contribution is 6.05. The summed E-state index contributed by atoms with van der Waals surface area (Å²) in [5, 5.41) is 17.9. The van der Waals surface area contributed by atoms with Crippen LogP contribution in [0.3, 0.4) is 0 Å². The average molecular weight is 876 g/mol. The zero-order chi connectivity index (χ0) is 45.4. The molecule has 2 aliphatic rings. The van der Waals surface area contributed by atoms with Gasteiger partial charge in [-0.2, -0.15) is 0 Å². The van der Waals surface area contributed by atoms with Crippen molar-refractivity contribution in [2.75, 3.05) is 31.7 Å².